The molecule has 0 amide bonds. The summed E-state index contributed by atoms with van der Waals surface area (Å²) >= 11 is 0. The van der Waals surface area contributed by atoms with Crippen LogP contribution >= 0.6 is 0 Å². The second kappa shape index (κ2) is 4.64. The molecule has 0 bridgehead atoms. The standard InChI is InChI=1S/C9H15N3O2/c1-4-5-7-6-8(10-2)11-12(7)9(13)14-3/h6H,4-5H2,1-3H3,(H,10,11). The molecule has 0 radical (unpaired) electrons. The average Bonchev–Trinajstić information content (AvgIpc) is 2.61. The van der Waals surface area contributed by atoms with Crippen LogP contribution in [0.2, 0.25) is 0 Å². The van der Waals surface area contributed by atoms with Crippen molar-refractivity contribution in [1.29, 1.82) is 0 Å². The Morgan fingerprint density at radius 1 is 1.71 bits per heavy atom. The Hall–Kier alpha value is -1.52. The Morgan fingerprint density at radius 3 is 2.93 bits per heavy atom. The summed E-state index contributed by atoms with van der Waals surface area (Å²) in [6.45, 7) is 2.05. The topological polar surface area (TPSA) is 56.2 Å². The molecule has 0 fully saturated rings. The maximum absolute atomic E-state index is 11.3. The van der Waals surface area contributed by atoms with Gasteiger partial charge in [-0.15, -0.1) is 5.10 Å². The highest BCUT2D eigenvalue weighted by molar-refractivity contribution is 5.71. The summed E-state index contributed by atoms with van der Waals surface area (Å²) in [6.07, 6.45) is 1.32. The fraction of sp³-hybridized carbons (Fsp3) is 0.556. The first-order valence-corrected chi connectivity index (χ1v) is 4.58. The third-order valence-corrected chi connectivity index (χ3v) is 1.89. The average molecular weight is 197 g/mol. The van der Waals surface area contributed by atoms with E-state index in [1.807, 2.05) is 13.0 Å². The van der Waals surface area contributed by atoms with Crippen molar-refractivity contribution >= 4 is 11.9 Å². The van der Waals surface area contributed by atoms with Crippen LogP contribution in [0.3, 0.4) is 0 Å². The van der Waals surface area contributed by atoms with Gasteiger partial charge in [0.15, 0.2) is 0 Å². The summed E-state index contributed by atoms with van der Waals surface area (Å²) in [6, 6.07) is 1.85. The van der Waals surface area contributed by atoms with Crippen LogP contribution in [0.4, 0.5) is 10.6 Å². The van der Waals surface area contributed by atoms with E-state index in [-0.39, 0.29) is 0 Å². The van der Waals surface area contributed by atoms with Crippen molar-refractivity contribution < 1.29 is 9.53 Å². The van der Waals surface area contributed by atoms with Crippen molar-refractivity contribution in [2.75, 3.05) is 19.5 Å². The number of hydrogen-bond donors (Lipinski definition) is 1. The van der Waals surface area contributed by atoms with Crippen LogP contribution in [0.15, 0.2) is 6.07 Å². The van der Waals surface area contributed by atoms with Gasteiger partial charge in [0.25, 0.3) is 0 Å². The van der Waals surface area contributed by atoms with E-state index in [1.54, 1.807) is 7.05 Å². The fourth-order valence-corrected chi connectivity index (χ4v) is 1.22. The molecule has 5 nitrogen and oxygen atoms in total. The highest BCUT2D eigenvalue weighted by Crippen LogP contribution is 2.11. The van der Waals surface area contributed by atoms with Crippen LogP contribution in [0.1, 0.15) is 19.0 Å². The minimum absolute atomic E-state index is 0.449. The number of carbonyl (C=O) groups is 1. The smallest absolute Gasteiger partial charge is 0.434 e. The molecule has 0 atom stereocenters. The number of nitrogens with one attached hydrogen (secondary N) is 1. The zero-order valence-corrected chi connectivity index (χ0v) is 8.70. The third-order valence-electron chi connectivity index (χ3n) is 1.89. The van der Waals surface area contributed by atoms with E-state index in [0.29, 0.717) is 5.82 Å². The lowest BCUT2D eigenvalue weighted by molar-refractivity contribution is 0.168. The molecule has 1 aromatic heterocycles. The minimum atomic E-state index is -0.449. The lowest BCUT2D eigenvalue weighted by atomic mass is 10.2. The largest absolute Gasteiger partial charge is 0.451 e. The molecule has 0 aliphatic rings. The third kappa shape index (κ3) is 2.04. The lowest BCUT2D eigenvalue weighted by Crippen LogP contribution is -2.16. The number of nitrogens with zero attached hydrogens (tertiary/aromatic N) is 2. The molecule has 1 rings (SSSR count). The molecule has 78 valence electrons. The van der Waals surface area contributed by atoms with Crippen LogP contribution in [0, 0.1) is 0 Å². The van der Waals surface area contributed by atoms with Crippen LogP contribution in [-0.2, 0) is 11.2 Å². The molecule has 0 aromatic carbocycles. The summed E-state index contributed by atoms with van der Waals surface area (Å²) in [5.74, 6) is 0.679. The number of aryl methyl sites for hydroxylation is 1. The first-order chi connectivity index (χ1) is 6.72. The highest BCUT2D eigenvalue weighted by Gasteiger charge is 2.12. The molecule has 0 aliphatic carbocycles. The zero-order chi connectivity index (χ0) is 10.6. The van der Waals surface area contributed by atoms with E-state index in [4.69, 9.17) is 0 Å². The lowest BCUT2D eigenvalue weighted by Gasteiger charge is -2.01. The number of anilines is 1. The second-order valence-electron chi connectivity index (χ2n) is 2.90. The summed E-state index contributed by atoms with van der Waals surface area (Å²) in [5.41, 5.74) is 0.865. The molecular formula is C9H15N3O2. The second-order valence-corrected chi connectivity index (χ2v) is 2.90. The summed E-state index contributed by atoms with van der Waals surface area (Å²) < 4.78 is 5.90. The van der Waals surface area contributed by atoms with Crippen LogP contribution in [0.25, 0.3) is 0 Å². The van der Waals surface area contributed by atoms with E-state index in [9.17, 15) is 4.79 Å². The Labute approximate surface area is 83.1 Å². The van der Waals surface area contributed by atoms with Gasteiger partial charge in [0.2, 0.25) is 0 Å². The van der Waals surface area contributed by atoms with Gasteiger partial charge >= 0.3 is 6.09 Å². The molecule has 1 aromatic rings. The number of hydrogen-bond acceptors (Lipinski definition) is 4. The van der Waals surface area contributed by atoms with E-state index < -0.39 is 6.09 Å². The van der Waals surface area contributed by atoms with Gasteiger partial charge in [-0.1, -0.05) is 13.3 Å². The molecule has 14 heavy (non-hydrogen) atoms. The first kappa shape index (κ1) is 10.6. The summed E-state index contributed by atoms with van der Waals surface area (Å²) in [5, 5.41) is 6.93. The van der Waals surface area contributed by atoms with Gasteiger partial charge in [-0.05, 0) is 6.42 Å². The molecule has 0 saturated carbocycles. The number of carbonyl (C=O) groups excluding carboxylic acids is 1. The predicted octanol–water partition coefficient (Wildman–Crippen LogP) is 1.49. The van der Waals surface area contributed by atoms with Gasteiger partial charge in [-0.25, -0.2) is 4.79 Å². The number of methoxy groups -OCH3 is 1. The Balaban J connectivity index is 2.99. The van der Waals surface area contributed by atoms with Crippen molar-refractivity contribution in [2.45, 2.75) is 19.8 Å². The molecule has 0 spiro atoms. The SMILES string of the molecule is CCCc1cc(NC)nn1C(=O)OC. The van der Waals surface area contributed by atoms with Crippen molar-refractivity contribution in [1.82, 2.24) is 9.78 Å². The van der Waals surface area contributed by atoms with Gasteiger partial charge in [-0.2, -0.15) is 4.68 Å². The van der Waals surface area contributed by atoms with Gasteiger partial charge in [-0.3, -0.25) is 0 Å². The van der Waals surface area contributed by atoms with Gasteiger partial charge in [0, 0.05) is 13.1 Å². The van der Waals surface area contributed by atoms with Crippen molar-refractivity contribution in [3.05, 3.63) is 11.8 Å². The molecule has 1 heterocycles. The van der Waals surface area contributed by atoms with Crippen molar-refractivity contribution in [2.24, 2.45) is 0 Å². The van der Waals surface area contributed by atoms with E-state index in [0.717, 1.165) is 18.5 Å². The van der Waals surface area contributed by atoms with Crippen molar-refractivity contribution in [3.8, 4) is 0 Å². The zero-order valence-electron chi connectivity index (χ0n) is 8.70. The van der Waals surface area contributed by atoms with Gasteiger partial charge < -0.3 is 10.1 Å². The van der Waals surface area contributed by atoms with Crippen LogP contribution < -0.4 is 5.32 Å². The molecule has 5 heteroatoms. The fourth-order valence-electron chi connectivity index (χ4n) is 1.22. The highest BCUT2D eigenvalue weighted by atomic mass is 16.5. The van der Waals surface area contributed by atoms with Crippen LogP contribution in [0.5, 0.6) is 0 Å². The maximum atomic E-state index is 11.3. The molecule has 0 saturated heterocycles. The maximum Gasteiger partial charge on any atom is 0.434 e. The Morgan fingerprint density at radius 2 is 2.43 bits per heavy atom. The summed E-state index contributed by atoms with van der Waals surface area (Å²) in [4.78, 5) is 11.3. The van der Waals surface area contributed by atoms with Gasteiger partial charge in [0.05, 0.1) is 12.8 Å². The number of rotatable bonds is 3. The van der Waals surface area contributed by atoms with E-state index >= 15 is 0 Å². The Kier molecular flexibility index (Phi) is 3.50. The first-order valence-electron chi connectivity index (χ1n) is 4.58. The van der Waals surface area contributed by atoms with Crippen molar-refractivity contribution in [3.63, 3.8) is 0 Å². The molecule has 1 N–H and O–H groups in total. The molecule has 0 unspecified atom stereocenters. The minimum Gasteiger partial charge on any atom is -0.451 e. The van der Waals surface area contributed by atoms with E-state index in [2.05, 4.69) is 15.2 Å². The number of aromatic nitrogens is 2. The molecule has 0 aliphatic heterocycles. The summed E-state index contributed by atoms with van der Waals surface area (Å²) in [7, 11) is 3.11. The monoisotopic (exact) mass is 197 g/mol. The van der Waals surface area contributed by atoms with Crippen LogP contribution in [-0.4, -0.2) is 30.0 Å². The number of ether oxygens (including phenoxy) is 1. The molecular weight excluding hydrogens is 182 g/mol. The quantitative estimate of drug-likeness (QED) is 0.797. The van der Waals surface area contributed by atoms with E-state index in [1.165, 1.54) is 11.8 Å². The normalized spacial score (nSPS) is 9.93. The Bertz CT molecular complexity index is 320. The van der Waals surface area contributed by atoms with Gasteiger partial charge in [0.1, 0.15) is 5.82 Å². The predicted molar refractivity (Wildman–Crippen MR) is 53.6 cm³/mol.